The van der Waals surface area contributed by atoms with Crippen molar-refractivity contribution in [2.75, 3.05) is 12.4 Å². The zero-order chi connectivity index (χ0) is 13.1. The summed E-state index contributed by atoms with van der Waals surface area (Å²) < 4.78 is 10.5. The van der Waals surface area contributed by atoms with Crippen LogP contribution in [0.1, 0.15) is 11.3 Å². The summed E-state index contributed by atoms with van der Waals surface area (Å²) in [4.78, 5) is 0. The summed E-state index contributed by atoms with van der Waals surface area (Å²) in [6.45, 7) is 2.47. The highest BCUT2D eigenvalue weighted by molar-refractivity contribution is 6.31. The molecule has 0 aliphatic rings. The van der Waals surface area contributed by atoms with Gasteiger partial charge in [-0.05, 0) is 42.3 Å². The Balaban J connectivity index is 2.15. The number of hydrogen-bond donors (Lipinski definition) is 1. The van der Waals surface area contributed by atoms with E-state index in [0.29, 0.717) is 22.5 Å². The Morgan fingerprint density at radius 1 is 1.28 bits per heavy atom. The molecule has 0 atom stereocenters. The lowest BCUT2D eigenvalue weighted by Crippen LogP contribution is -2.01. The third kappa shape index (κ3) is 2.92. The molecule has 18 heavy (non-hydrogen) atoms. The maximum Gasteiger partial charge on any atom is 0.193 e. The molecule has 1 aromatic heterocycles. The van der Waals surface area contributed by atoms with Crippen molar-refractivity contribution in [2.45, 2.75) is 13.5 Å². The van der Waals surface area contributed by atoms with Gasteiger partial charge in [0, 0.05) is 11.1 Å². The predicted octanol–water partition coefficient (Wildman–Crippen LogP) is 4.52. The second kappa shape index (κ2) is 5.55. The second-order valence-electron chi connectivity index (χ2n) is 3.86. The normalized spacial score (nSPS) is 10.4. The molecule has 2 aromatic rings. The van der Waals surface area contributed by atoms with Gasteiger partial charge in [0.1, 0.15) is 11.5 Å². The average Bonchev–Trinajstić information content (AvgIpc) is 2.76. The van der Waals surface area contributed by atoms with Gasteiger partial charge in [-0.15, -0.1) is 0 Å². The van der Waals surface area contributed by atoms with E-state index >= 15 is 0 Å². The highest BCUT2D eigenvalue weighted by atomic mass is 35.5. The van der Waals surface area contributed by atoms with Crippen LogP contribution < -0.4 is 10.1 Å². The molecule has 96 valence electrons. The van der Waals surface area contributed by atoms with Crippen LogP contribution in [0.3, 0.4) is 0 Å². The molecular formula is C13H13Cl2NO2. The van der Waals surface area contributed by atoms with Crippen LogP contribution in [-0.4, -0.2) is 7.11 Å². The van der Waals surface area contributed by atoms with Gasteiger partial charge in [0.2, 0.25) is 0 Å². The van der Waals surface area contributed by atoms with Crippen molar-refractivity contribution in [2.24, 2.45) is 0 Å². The number of nitrogens with one attached hydrogen (secondary N) is 1. The number of furan rings is 1. The Morgan fingerprint density at radius 2 is 2.06 bits per heavy atom. The lowest BCUT2D eigenvalue weighted by Gasteiger charge is -2.12. The first-order valence-corrected chi connectivity index (χ1v) is 6.18. The second-order valence-corrected chi connectivity index (χ2v) is 4.64. The summed E-state index contributed by atoms with van der Waals surface area (Å²) in [6.07, 6.45) is 0. The molecule has 1 aromatic carbocycles. The van der Waals surface area contributed by atoms with E-state index in [1.807, 2.05) is 19.1 Å². The molecule has 0 fully saturated rings. The Bertz CT molecular complexity index is 552. The monoisotopic (exact) mass is 285 g/mol. The zero-order valence-electron chi connectivity index (χ0n) is 10.1. The third-order valence-corrected chi connectivity index (χ3v) is 3.17. The summed E-state index contributed by atoms with van der Waals surface area (Å²) in [5.74, 6) is 1.46. The van der Waals surface area contributed by atoms with E-state index in [2.05, 4.69) is 5.32 Å². The van der Waals surface area contributed by atoms with Crippen molar-refractivity contribution < 1.29 is 9.15 Å². The molecule has 0 saturated heterocycles. The van der Waals surface area contributed by atoms with Gasteiger partial charge >= 0.3 is 0 Å². The van der Waals surface area contributed by atoms with E-state index < -0.39 is 0 Å². The van der Waals surface area contributed by atoms with Crippen LogP contribution in [0, 0.1) is 6.92 Å². The number of methoxy groups -OCH3 is 1. The van der Waals surface area contributed by atoms with Gasteiger partial charge in [-0.3, -0.25) is 0 Å². The van der Waals surface area contributed by atoms with Crippen LogP contribution in [0.5, 0.6) is 5.75 Å². The fourth-order valence-corrected chi connectivity index (χ4v) is 1.92. The number of benzene rings is 1. The quantitative estimate of drug-likeness (QED) is 0.897. The summed E-state index contributed by atoms with van der Waals surface area (Å²) in [5.41, 5.74) is 1.85. The molecule has 0 amide bonds. The summed E-state index contributed by atoms with van der Waals surface area (Å²) >= 11 is 11.8. The number of aryl methyl sites for hydroxylation is 1. The number of halogens is 2. The summed E-state index contributed by atoms with van der Waals surface area (Å²) in [6, 6.07) is 7.26. The topological polar surface area (TPSA) is 34.4 Å². The highest BCUT2D eigenvalue weighted by Crippen LogP contribution is 2.31. The number of ether oxygens (including phenoxy) is 1. The fourth-order valence-electron chi connectivity index (χ4n) is 1.60. The first-order chi connectivity index (χ1) is 8.60. The van der Waals surface area contributed by atoms with Crippen LogP contribution in [0.15, 0.2) is 28.7 Å². The molecule has 1 heterocycles. The average molecular weight is 286 g/mol. The van der Waals surface area contributed by atoms with Gasteiger partial charge in [0.15, 0.2) is 5.22 Å². The molecule has 0 bridgehead atoms. The Hall–Kier alpha value is -1.32. The molecule has 0 spiro atoms. The zero-order valence-corrected chi connectivity index (χ0v) is 11.6. The Morgan fingerprint density at radius 3 is 2.67 bits per heavy atom. The molecule has 0 aliphatic carbocycles. The van der Waals surface area contributed by atoms with E-state index in [9.17, 15) is 0 Å². The maximum atomic E-state index is 6.04. The minimum atomic E-state index is 0.381. The third-order valence-electron chi connectivity index (χ3n) is 2.56. The van der Waals surface area contributed by atoms with Crippen LogP contribution in [0.4, 0.5) is 5.69 Å². The Labute approximate surface area is 116 Å². The molecular weight excluding hydrogens is 273 g/mol. The molecule has 1 N–H and O–H groups in total. The predicted molar refractivity (Wildman–Crippen MR) is 73.8 cm³/mol. The maximum absolute atomic E-state index is 6.04. The standard InChI is InChI=1S/C13H13Cl2NO2/c1-8-5-11(12(17-2)6-10(8)14)16-7-9-3-4-13(15)18-9/h3-6,16H,7H2,1-2H3. The van der Waals surface area contributed by atoms with Crippen LogP contribution in [0.2, 0.25) is 10.2 Å². The van der Waals surface area contributed by atoms with Crippen molar-refractivity contribution >= 4 is 28.9 Å². The van der Waals surface area contributed by atoms with Gasteiger partial charge in [-0.25, -0.2) is 0 Å². The largest absolute Gasteiger partial charge is 0.495 e. The van der Waals surface area contributed by atoms with Crippen LogP contribution >= 0.6 is 23.2 Å². The van der Waals surface area contributed by atoms with Crippen molar-refractivity contribution in [1.29, 1.82) is 0 Å². The van der Waals surface area contributed by atoms with E-state index in [1.165, 1.54) is 0 Å². The number of hydrogen-bond acceptors (Lipinski definition) is 3. The molecule has 5 heteroatoms. The minimum Gasteiger partial charge on any atom is -0.495 e. The molecule has 0 radical (unpaired) electrons. The van der Waals surface area contributed by atoms with Gasteiger partial charge in [0.05, 0.1) is 19.3 Å². The van der Waals surface area contributed by atoms with Crippen LogP contribution in [-0.2, 0) is 6.54 Å². The van der Waals surface area contributed by atoms with Gasteiger partial charge in [-0.2, -0.15) is 0 Å². The van der Waals surface area contributed by atoms with Crippen molar-refractivity contribution in [1.82, 2.24) is 0 Å². The molecule has 2 rings (SSSR count). The summed E-state index contributed by atoms with van der Waals surface area (Å²) in [7, 11) is 1.61. The van der Waals surface area contributed by atoms with Crippen molar-refractivity contribution in [3.05, 3.63) is 45.8 Å². The Kier molecular flexibility index (Phi) is 4.04. The number of rotatable bonds is 4. The molecule has 3 nitrogen and oxygen atoms in total. The van der Waals surface area contributed by atoms with Gasteiger partial charge < -0.3 is 14.5 Å². The lowest BCUT2D eigenvalue weighted by atomic mass is 10.2. The number of anilines is 1. The van der Waals surface area contributed by atoms with E-state index in [0.717, 1.165) is 17.0 Å². The molecule has 0 saturated carbocycles. The van der Waals surface area contributed by atoms with Gasteiger partial charge in [0.25, 0.3) is 0 Å². The van der Waals surface area contributed by atoms with Crippen LogP contribution in [0.25, 0.3) is 0 Å². The first-order valence-electron chi connectivity index (χ1n) is 5.42. The fraction of sp³-hybridized carbons (Fsp3) is 0.231. The highest BCUT2D eigenvalue weighted by Gasteiger charge is 2.07. The summed E-state index contributed by atoms with van der Waals surface area (Å²) in [5, 5.41) is 4.29. The smallest absolute Gasteiger partial charge is 0.193 e. The molecule has 0 unspecified atom stereocenters. The molecule has 0 aliphatic heterocycles. The van der Waals surface area contributed by atoms with Gasteiger partial charge in [-0.1, -0.05) is 11.6 Å². The minimum absolute atomic E-state index is 0.381. The van der Waals surface area contributed by atoms with E-state index in [1.54, 1.807) is 19.2 Å². The van der Waals surface area contributed by atoms with Crippen molar-refractivity contribution in [3.8, 4) is 5.75 Å². The first kappa shape index (κ1) is 13.1. The van der Waals surface area contributed by atoms with E-state index in [4.69, 9.17) is 32.4 Å². The van der Waals surface area contributed by atoms with Crippen molar-refractivity contribution in [3.63, 3.8) is 0 Å². The van der Waals surface area contributed by atoms with E-state index in [-0.39, 0.29) is 0 Å². The lowest BCUT2D eigenvalue weighted by molar-refractivity contribution is 0.416. The SMILES string of the molecule is COc1cc(Cl)c(C)cc1NCc1ccc(Cl)o1.